The Balaban J connectivity index is 1.22. The average molecular weight is 837 g/mol. The predicted molar refractivity (Wildman–Crippen MR) is 274 cm³/mol. The summed E-state index contributed by atoms with van der Waals surface area (Å²) in [6, 6.07) is 76.1. The number of nitrogens with zero attached hydrogens (tertiary/aromatic N) is 2. The average Bonchev–Trinajstić information content (AvgIpc) is 3.72. The van der Waals surface area contributed by atoms with Crippen LogP contribution in [-0.2, 0) is 10.8 Å². The van der Waals surface area contributed by atoms with Crippen LogP contribution < -0.4 is 20.6 Å². The molecule has 0 bridgehead atoms. The molecule has 0 aliphatic carbocycles. The van der Waals surface area contributed by atoms with E-state index in [9.17, 15) is 0 Å². The van der Waals surface area contributed by atoms with Gasteiger partial charge in [0.2, 0.25) is 0 Å². The fourth-order valence-electron chi connectivity index (χ4n) is 11.6. The molecule has 3 aliphatic rings. The zero-order valence-corrected chi connectivity index (χ0v) is 37.2. The van der Waals surface area contributed by atoms with Gasteiger partial charge in [-0.1, -0.05) is 178 Å². The molecule has 0 amide bonds. The molecule has 0 unspecified atom stereocenters. The van der Waals surface area contributed by atoms with Crippen LogP contribution in [0.4, 0.5) is 28.4 Å². The third kappa shape index (κ3) is 5.09. The van der Waals surface area contributed by atoms with Crippen molar-refractivity contribution in [3.8, 4) is 22.3 Å². The van der Waals surface area contributed by atoms with Crippen molar-refractivity contribution in [2.75, 3.05) is 9.71 Å². The number of para-hydroxylation sites is 2. The molecule has 0 atom stereocenters. The lowest BCUT2D eigenvalue weighted by Crippen LogP contribution is -2.62. The summed E-state index contributed by atoms with van der Waals surface area (Å²) in [7, 11) is 0. The maximum atomic E-state index is 2.72. The summed E-state index contributed by atoms with van der Waals surface area (Å²) in [6.07, 6.45) is 0. The fraction of sp³-hybridized carbons (Fsp3) is 0.100. The van der Waals surface area contributed by atoms with Crippen molar-refractivity contribution in [1.29, 1.82) is 0 Å². The highest BCUT2D eigenvalue weighted by atomic mass is 32.1. The number of hydrogen-bond acceptors (Lipinski definition) is 3. The Morgan fingerprint density at radius 3 is 1.94 bits per heavy atom. The first-order valence-corrected chi connectivity index (χ1v) is 23.4. The van der Waals surface area contributed by atoms with Gasteiger partial charge in [0.15, 0.2) is 0 Å². The van der Waals surface area contributed by atoms with Crippen molar-refractivity contribution in [3.05, 3.63) is 234 Å². The van der Waals surface area contributed by atoms with Crippen LogP contribution in [0, 0.1) is 6.92 Å². The Morgan fingerprint density at radius 1 is 0.516 bits per heavy atom. The summed E-state index contributed by atoms with van der Waals surface area (Å²) < 4.78 is 2.62. The van der Waals surface area contributed by atoms with Gasteiger partial charge in [-0.25, -0.2) is 0 Å². The fourth-order valence-corrected chi connectivity index (χ4v) is 12.7. The predicted octanol–water partition coefficient (Wildman–Crippen LogP) is 14.7. The van der Waals surface area contributed by atoms with Crippen molar-refractivity contribution >= 4 is 77.7 Å². The Labute approximate surface area is 379 Å². The molecule has 3 aliphatic heterocycles. The van der Waals surface area contributed by atoms with Gasteiger partial charge in [0.1, 0.15) is 0 Å². The van der Waals surface area contributed by atoms with Gasteiger partial charge in [0.25, 0.3) is 0 Å². The van der Waals surface area contributed by atoms with Crippen LogP contribution >= 0.6 is 11.3 Å². The molecule has 0 N–H and O–H groups in total. The molecular formula is C60H45BN2S. The number of rotatable bonds is 4. The molecule has 0 radical (unpaired) electrons. The van der Waals surface area contributed by atoms with Crippen molar-refractivity contribution in [2.45, 2.75) is 38.5 Å². The van der Waals surface area contributed by atoms with Gasteiger partial charge in [-0.15, -0.1) is 11.3 Å². The third-order valence-corrected chi connectivity index (χ3v) is 15.5. The summed E-state index contributed by atoms with van der Waals surface area (Å²) in [4.78, 5) is 5.37. The first kappa shape index (κ1) is 37.4. The lowest BCUT2D eigenvalue weighted by Gasteiger charge is -2.52. The van der Waals surface area contributed by atoms with Crippen molar-refractivity contribution in [1.82, 2.24) is 0 Å². The topological polar surface area (TPSA) is 6.48 Å². The van der Waals surface area contributed by atoms with Gasteiger partial charge in [-0.3, -0.25) is 0 Å². The zero-order chi connectivity index (χ0) is 42.9. The smallest absolute Gasteiger partial charge is 0.333 e. The molecule has 0 spiro atoms. The van der Waals surface area contributed by atoms with Gasteiger partial charge in [0.05, 0.1) is 11.1 Å². The Kier molecular flexibility index (Phi) is 8.00. The lowest BCUT2D eigenvalue weighted by molar-refractivity contribution is 0.590. The molecule has 9 aromatic carbocycles. The largest absolute Gasteiger partial charge is 0.376 e. The maximum Gasteiger partial charge on any atom is 0.333 e. The van der Waals surface area contributed by atoms with E-state index in [0.29, 0.717) is 0 Å². The second-order valence-corrected chi connectivity index (χ2v) is 19.9. The van der Waals surface area contributed by atoms with Crippen molar-refractivity contribution in [3.63, 3.8) is 0 Å². The minimum atomic E-state index is -0.586. The van der Waals surface area contributed by atoms with Gasteiger partial charge in [-0.2, -0.15) is 0 Å². The molecule has 13 rings (SSSR count). The van der Waals surface area contributed by atoms with Crippen LogP contribution in [0.3, 0.4) is 0 Å². The van der Waals surface area contributed by atoms with Crippen LogP contribution in [0.1, 0.15) is 54.2 Å². The van der Waals surface area contributed by atoms with E-state index >= 15 is 0 Å². The van der Waals surface area contributed by atoms with Crippen LogP contribution in [-0.4, -0.2) is 6.85 Å². The molecule has 0 saturated carbocycles. The molecule has 2 nitrogen and oxygen atoms in total. The second kappa shape index (κ2) is 13.7. The zero-order valence-electron chi connectivity index (χ0n) is 36.4. The molecule has 10 aromatic rings. The highest BCUT2D eigenvalue weighted by Crippen LogP contribution is 2.60. The van der Waals surface area contributed by atoms with Gasteiger partial charge in [-0.05, 0) is 116 Å². The number of hydrogen-bond donors (Lipinski definition) is 0. The van der Waals surface area contributed by atoms with E-state index in [1.54, 1.807) is 0 Å². The highest BCUT2D eigenvalue weighted by Gasteiger charge is 2.53. The first-order valence-electron chi connectivity index (χ1n) is 22.5. The van der Waals surface area contributed by atoms with Crippen LogP contribution in [0.5, 0.6) is 0 Å². The molecule has 1 aromatic heterocycles. The van der Waals surface area contributed by atoms with E-state index in [-0.39, 0.29) is 12.3 Å². The molecule has 4 heteroatoms. The van der Waals surface area contributed by atoms with E-state index in [1.807, 2.05) is 11.3 Å². The van der Waals surface area contributed by atoms with Gasteiger partial charge >= 0.3 is 6.85 Å². The molecule has 4 heterocycles. The van der Waals surface area contributed by atoms with E-state index in [1.165, 1.54) is 115 Å². The number of fused-ring (bicyclic) bond motifs is 10. The number of benzene rings is 9. The molecule has 0 saturated heterocycles. The van der Waals surface area contributed by atoms with E-state index in [4.69, 9.17) is 0 Å². The second-order valence-electron chi connectivity index (χ2n) is 18.9. The van der Waals surface area contributed by atoms with E-state index in [2.05, 4.69) is 238 Å². The standard InChI is InChI=1S/C60H45BN2S/c1-38-18-11-12-23-44(38)39-36-47-45-34-35-54-55(46-24-13-16-29-53(46)64-54)57(45)63(43-32-30-40(31-33-43)59(2,3)4)61-50-27-17-26-49-58(50)62(52(37-39)56(47)61)51-28-15-14-25-48(51)60(49,41-19-7-5-8-20-41)42-21-9-6-10-22-42/h5-37H,1-4H3. The number of anilines is 5. The summed E-state index contributed by atoms with van der Waals surface area (Å²) in [5.74, 6) is 0. The molecule has 304 valence electrons. The maximum absolute atomic E-state index is 2.72. The normalized spacial score (nSPS) is 14.3. The Hall–Kier alpha value is -7.14. The molecular weight excluding hydrogens is 792 g/mol. The van der Waals surface area contributed by atoms with E-state index < -0.39 is 5.41 Å². The Morgan fingerprint density at radius 2 is 1.19 bits per heavy atom. The van der Waals surface area contributed by atoms with Crippen LogP contribution in [0.15, 0.2) is 200 Å². The summed E-state index contributed by atoms with van der Waals surface area (Å²) in [6.45, 7) is 9.04. The SMILES string of the molecule is Cc1ccccc1-c1cc2c3c(c1)N1c4ccccc4C(c4ccccc4)(c4ccccc4)c4cccc(c41)B3N(c1ccc(C(C)(C)C)cc1)c1c-2ccc2sc3ccccc3c12. The minimum absolute atomic E-state index is 0.0241. The summed E-state index contributed by atoms with van der Waals surface area (Å²) in [5, 5.41) is 2.63. The monoisotopic (exact) mass is 836 g/mol. The van der Waals surface area contributed by atoms with Gasteiger partial charge < -0.3 is 9.71 Å². The van der Waals surface area contributed by atoms with Crippen molar-refractivity contribution < 1.29 is 0 Å². The number of aryl methyl sites for hydroxylation is 1. The summed E-state index contributed by atoms with van der Waals surface area (Å²) in [5.41, 5.74) is 21.0. The summed E-state index contributed by atoms with van der Waals surface area (Å²) >= 11 is 1.90. The van der Waals surface area contributed by atoms with Gasteiger partial charge in [0, 0.05) is 48.5 Å². The quantitative estimate of drug-likeness (QED) is 0.163. The lowest BCUT2D eigenvalue weighted by atomic mass is 9.42. The molecule has 0 fully saturated rings. The Bertz CT molecular complexity index is 3470. The van der Waals surface area contributed by atoms with Crippen LogP contribution in [0.2, 0.25) is 0 Å². The molecule has 64 heavy (non-hydrogen) atoms. The van der Waals surface area contributed by atoms with Crippen LogP contribution in [0.25, 0.3) is 42.4 Å². The van der Waals surface area contributed by atoms with Crippen molar-refractivity contribution in [2.24, 2.45) is 0 Å². The first-order chi connectivity index (χ1) is 31.3. The number of thiophene rings is 1. The van der Waals surface area contributed by atoms with E-state index in [0.717, 1.165) is 0 Å². The highest BCUT2D eigenvalue weighted by molar-refractivity contribution is 7.26. The minimum Gasteiger partial charge on any atom is -0.376 e. The third-order valence-electron chi connectivity index (χ3n) is 14.4.